The fourth-order valence-corrected chi connectivity index (χ4v) is 4.18. The van der Waals surface area contributed by atoms with E-state index < -0.39 is 24.3 Å². The lowest BCUT2D eigenvalue weighted by atomic mass is 10.0. The molecular formula is C26H28ClF2N5O4. The number of ether oxygens (including phenoxy) is 2. The minimum absolute atomic E-state index is 0.0792. The summed E-state index contributed by atoms with van der Waals surface area (Å²) in [5.74, 6) is 4.11. The molecule has 38 heavy (non-hydrogen) atoms. The topological polar surface area (TPSA) is 120 Å². The highest BCUT2D eigenvalue weighted by atomic mass is 35.5. The molecule has 0 atom stereocenters. The summed E-state index contributed by atoms with van der Waals surface area (Å²) in [6.07, 6.45) is 8.33. The van der Waals surface area contributed by atoms with Crippen LogP contribution in [0.4, 0.5) is 14.5 Å². The maximum absolute atomic E-state index is 13.6. The van der Waals surface area contributed by atoms with Crippen LogP contribution in [0.15, 0.2) is 52.8 Å². The average molecular weight is 548 g/mol. The van der Waals surface area contributed by atoms with Crippen molar-refractivity contribution in [3.05, 3.63) is 75.2 Å². The van der Waals surface area contributed by atoms with E-state index in [9.17, 15) is 18.4 Å². The minimum atomic E-state index is -3.16. The zero-order valence-electron chi connectivity index (χ0n) is 21.3. The number of anilines is 1. The highest BCUT2D eigenvalue weighted by Crippen LogP contribution is 2.32. The molecular weight excluding hydrogens is 520 g/mol. The van der Waals surface area contributed by atoms with Gasteiger partial charge in [-0.25, -0.2) is 10.5 Å². The van der Waals surface area contributed by atoms with Crippen molar-refractivity contribution in [3.63, 3.8) is 0 Å². The van der Waals surface area contributed by atoms with Crippen LogP contribution >= 0.6 is 11.6 Å². The van der Waals surface area contributed by atoms with Gasteiger partial charge in [0.05, 0.1) is 34.8 Å². The first-order chi connectivity index (χ1) is 18.0. The van der Waals surface area contributed by atoms with Crippen molar-refractivity contribution in [1.29, 1.82) is 0 Å². The summed E-state index contributed by atoms with van der Waals surface area (Å²) in [7, 11) is 1.51. The third-order valence-electron chi connectivity index (χ3n) is 5.70. The number of halogens is 3. The van der Waals surface area contributed by atoms with E-state index in [0.717, 1.165) is 16.3 Å². The molecule has 1 aliphatic rings. The zero-order chi connectivity index (χ0) is 28.0. The van der Waals surface area contributed by atoms with Crippen LogP contribution in [0.2, 0.25) is 0 Å². The van der Waals surface area contributed by atoms with Crippen LogP contribution in [-0.4, -0.2) is 35.3 Å². The number of alkyl halides is 2. The smallest absolute Gasteiger partial charge is 0.388 e. The number of nitrogen functional groups attached to an aromatic ring is 1. The predicted octanol–water partition coefficient (Wildman–Crippen LogP) is 5.36. The lowest BCUT2D eigenvalue weighted by molar-refractivity contribution is -0.0530. The first-order valence-corrected chi connectivity index (χ1v) is 11.9. The van der Waals surface area contributed by atoms with Crippen LogP contribution in [-0.2, 0) is 4.74 Å². The van der Waals surface area contributed by atoms with Crippen molar-refractivity contribution >= 4 is 40.9 Å². The summed E-state index contributed by atoms with van der Waals surface area (Å²) in [6, 6.07) is 4.35. The van der Waals surface area contributed by atoms with E-state index in [2.05, 4.69) is 20.6 Å². The van der Waals surface area contributed by atoms with Crippen LogP contribution in [0, 0.1) is 6.92 Å². The number of allylic oxidation sites excluding steroid dienone is 7. The van der Waals surface area contributed by atoms with Crippen LogP contribution in [0.1, 0.15) is 58.7 Å². The fourth-order valence-electron chi connectivity index (χ4n) is 3.86. The lowest BCUT2D eigenvalue weighted by Gasteiger charge is -2.17. The first kappa shape index (κ1) is 28.6. The quantitative estimate of drug-likeness (QED) is 0.177. The Hall–Kier alpha value is -3.96. The molecule has 12 heteroatoms. The fraction of sp³-hybridized carbons (Fsp3) is 0.269. The van der Waals surface area contributed by atoms with E-state index in [1.807, 2.05) is 13.0 Å². The van der Waals surface area contributed by atoms with Crippen molar-refractivity contribution in [2.75, 3.05) is 12.4 Å². The molecule has 2 amide bonds. The maximum atomic E-state index is 13.6. The number of nitrogens with two attached hydrogens (primary N) is 1. The van der Waals surface area contributed by atoms with Crippen LogP contribution in [0.25, 0.3) is 11.8 Å². The molecule has 2 aromatic rings. The van der Waals surface area contributed by atoms with E-state index in [4.69, 9.17) is 22.2 Å². The predicted molar refractivity (Wildman–Crippen MR) is 142 cm³/mol. The SMILES string of the molecule is COC(C)=Cc1cc(C)c(NC(=O)c2cc(OC(F)F)nn2C2=C(C)CCC=CC=C2Cl)c(C(=O)NN)c1. The van der Waals surface area contributed by atoms with Gasteiger partial charge in [-0.15, -0.1) is 5.10 Å². The summed E-state index contributed by atoms with van der Waals surface area (Å²) in [5, 5.41) is 7.04. The number of amides is 2. The number of nitrogens with one attached hydrogen (secondary N) is 2. The minimum Gasteiger partial charge on any atom is -0.501 e. The first-order valence-electron chi connectivity index (χ1n) is 11.5. The van der Waals surface area contributed by atoms with Crippen molar-refractivity contribution in [1.82, 2.24) is 15.2 Å². The van der Waals surface area contributed by atoms with E-state index >= 15 is 0 Å². The summed E-state index contributed by atoms with van der Waals surface area (Å²) in [6.45, 7) is 2.09. The summed E-state index contributed by atoms with van der Waals surface area (Å²) in [4.78, 5) is 26.2. The molecule has 3 rings (SSSR count). The van der Waals surface area contributed by atoms with Crippen molar-refractivity contribution in [3.8, 4) is 5.88 Å². The van der Waals surface area contributed by atoms with E-state index in [1.165, 1.54) is 13.2 Å². The molecule has 0 saturated heterocycles. The Bertz CT molecular complexity index is 1360. The van der Waals surface area contributed by atoms with Crippen LogP contribution in [0.3, 0.4) is 0 Å². The molecule has 9 nitrogen and oxygen atoms in total. The third kappa shape index (κ3) is 6.67. The van der Waals surface area contributed by atoms with Gasteiger partial charge in [0, 0.05) is 6.07 Å². The molecule has 0 fully saturated rings. The lowest BCUT2D eigenvalue weighted by Crippen LogP contribution is -2.31. The molecule has 1 aromatic heterocycles. The Balaban J connectivity index is 2.13. The molecule has 4 N–H and O–H groups in total. The molecule has 1 aromatic carbocycles. The Morgan fingerprint density at radius 1 is 1.24 bits per heavy atom. The average Bonchev–Trinajstić information content (AvgIpc) is 3.25. The van der Waals surface area contributed by atoms with Crippen molar-refractivity contribution < 1.29 is 27.8 Å². The second kappa shape index (κ2) is 12.5. The van der Waals surface area contributed by atoms with E-state index in [0.29, 0.717) is 35.4 Å². The molecule has 0 aliphatic heterocycles. The number of carbonyl (C=O) groups excluding carboxylic acids is 2. The van der Waals surface area contributed by atoms with Gasteiger partial charge in [0.25, 0.3) is 11.8 Å². The molecule has 0 saturated carbocycles. The summed E-state index contributed by atoms with van der Waals surface area (Å²) >= 11 is 6.51. The van der Waals surface area contributed by atoms with Gasteiger partial charge in [-0.1, -0.05) is 23.8 Å². The van der Waals surface area contributed by atoms with Crippen molar-refractivity contribution in [2.24, 2.45) is 5.84 Å². The van der Waals surface area contributed by atoms with Gasteiger partial charge in [0.15, 0.2) is 0 Å². The van der Waals surface area contributed by atoms with Crippen LogP contribution < -0.4 is 21.3 Å². The number of benzene rings is 1. The molecule has 202 valence electrons. The number of aromatic nitrogens is 2. The molecule has 0 spiro atoms. The van der Waals surface area contributed by atoms with Gasteiger partial charge in [-0.3, -0.25) is 15.0 Å². The largest absolute Gasteiger partial charge is 0.501 e. The van der Waals surface area contributed by atoms with Crippen molar-refractivity contribution in [2.45, 2.75) is 40.2 Å². The van der Waals surface area contributed by atoms with Gasteiger partial charge >= 0.3 is 6.61 Å². The number of hydrazine groups is 1. The monoisotopic (exact) mass is 547 g/mol. The molecule has 1 aliphatic carbocycles. The summed E-state index contributed by atoms with van der Waals surface area (Å²) < 4.78 is 36.8. The highest BCUT2D eigenvalue weighted by Gasteiger charge is 2.25. The number of nitrogens with zero attached hydrogens (tertiary/aromatic N) is 2. The zero-order valence-corrected chi connectivity index (χ0v) is 22.0. The Kier molecular flexibility index (Phi) is 9.43. The van der Waals surface area contributed by atoms with Gasteiger partial charge in [0.1, 0.15) is 5.69 Å². The molecule has 0 radical (unpaired) electrons. The number of aryl methyl sites for hydroxylation is 1. The highest BCUT2D eigenvalue weighted by molar-refractivity contribution is 6.36. The van der Waals surface area contributed by atoms with Gasteiger partial charge < -0.3 is 14.8 Å². The van der Waals surface area contributed by atoms with E-state index in [1.54, 1.807) is 38.1 Å². The Morgan fingerprint density at radius 2 is 1.97 bits per heavy atom. The Morgan fingerprint density at radius 3 is 2.63 bits per heavy atom. The van der Waals surface area contributed by atoms with Gasteiger partial charge in [-0.2, -0.15) is 8.78 Å². The number of methoxy groups -OCH3 is 1. The van der Waals surface area contributed by atoms with E-state index in [-0.39, 0.29) is 22.0 Å². The number of hydrogen-bond donors (Lipinski definition) is 3. The maximum Gasteiger partial charge on any atom is 0.388 e. The molecule has 0 unspecified atom stereocenters. The number of hydrogen-bond acceptors (Lipinski definition) is 6. The van der Waals surface area contributed by atoms with Crippen LogP contribution in [0.5, 0.6) is 5.88 Å². The number of rotatable bonds is 8. The molecule has 0 bridgehead atoms. The third-order valence-corrected chi connectivity index (χ3v) is 6.01. The van der Waals surface area contributed by atoms with Gasteiger partial charge in [-0.05, 0) is 74.6 Å². The molecule has 1 heterocycles. The Labute approximate surface area is 223 Å². The van der Waals surface area contributed by atoms with Gasteiger partial charge in [0.2, 0.25) is 5.88 Å². The summed E-state index contributed by atoms with van der Waals surface area (Å²) in [5.41, 5.74) is 4.49. The second-order valence-electron chi connectivity index (χ2n) is 8.42. The second-order valence-corrected chi connectivity index (χ2v) is 8.82. The normalized spacial score (nSPS) is 14.1. The number of carbonyl (C=O) groups is 2. The standard InChI is InChI=1S/C26H28ClF2N5O4/c1-14-8-6-5-7-9-19(27)23(14)34-20(13-21(33-34)38-26(28)29)25(36)31-22-15(2)10-17(11-16(3)37-4)12-18(22)24(35)32-30/h5,7,9-13,26H,6,8,30H2,1-4H3,(H,31,36)(H,32,35).